The highest BCUT2D eigenvalue weighted by molar-refractivity contribution is 6.00. The molecule has 0 bridgehead atoms. The zero-order valence-corrected chi connectivity index (χ0v) is 18.1. The van der Waals surface area contributed by atoms with Gasteiger partial charge in [0, 0.05) is 5.56 Å². The number of para-hydroxylation sites is 2. The largest absolute Gasteiger partial charge is 0.493 e. The van der Waals surface area contributed by atoms with Crippen molar-refractivity contribution in [2.75, 3.05) is 14.2 Å². The maximum atomic E-state index is 13.1. The van der Waals surface area contributed by atoms with Crippen molar-refractivity contribution in [1.29, 1.82) is 0 Å². The topological polar surface area (TPSA) is 78.4 Å². The van der Waals surface area contributed by atoms with Gasteiger partial charge < -0.3 is 18.9 Å². The first-order valence-electron chi connectivity index (χ1n) is 10.1. The van der Waals surface area contributed by atoms with Crippen molar-refractivity contribution < 1.29 is 23.7 Å². The fraction of sp³-hybridized carbons (Fsp3) is 0.200. The molecule has 7 heteroatoms. The minimum atomic E-state index is -0.908. The molecule has 0 saturated heterocycles. The summed E-state index contributed by atoms with van der Waals surface area (Å²) < 4.78 is 22.8. The molecule has 164 valence electrons. The molecule has 0 unspecified atom stereocenters. The maximum absolute atomic E-state index is 13.1. The van der Waals surface area contributed by atoms with Gasteiger partial charge in [-0.2, -0.15) is 5.10 Å². The summed E-state index contributed by atoms with van der Waals surface area (Å²) in [5.41, 5.74) is 4.85. The molecule has 4 rings (SSSR count). The van der Waals surface area contributed by atoms with Gasteiger partial charge in [0.05, 0.1) is 19.9 Å². The fourth-order valence-electron chi connectivity index (χ4n) is 3.45. The predicted molar refractivity (Wildman–Crippen MR) is 121 cm³/mol. The molecule has 0 spiro atoms. The van der Waals surface area contributed by atoms with Crippen molar-refractivity contribution in [2.24, 2.45) is 5.10 Å². The van der Waals surface area contributed by atoms with Crippen molar-refractivity contribution in [1.82, 2.24) is 5.43 Å². The molecule has 1 aliphatic rings. The summed E-state index contributed by atoms with van der Waals surface area (Å²) in [4.78, 5) is 13.1. The van der Waals surface area contributed by atoms with Crippen LogP contribution in [0.25, 0.3) is 0 Å². The Hall–Kier alpha value is -4.00. The predicted octanol–water partition coefficient (Wildman–Crippen LogP) is 4.13. The van der Waals surface area contributed by atoms with E-state index in [2.05, 4.69) is 10.5 Å². The van der Waals surface area contributed by atoms with Gasteiger partial charge in [-0.3, -0.25) is 4.79 Å². The van der Waals surface area contributed by atoms with Gasteiger partial charge in [0.1, 0.15) is 0 Å². The number of hydrogen-bond donors (Lipinski definition) is 1. The Morgan fingerprint density at radius 1 is 0.875 bits per heavy atom. The molecule has 0 fully saturated rings. The number of methoxy groups -OCH3 is 2. The standard InChI is InChI=1S/C25H24N2O5/c1-16(18-13-14-19(29-2)22(15-18)30-3)26-27-25(28)24-23(17-9-5-4-6-10-17)31-20-11-7-8-12-21(20)32-24/h4-15,23-24H,1-3H3,(H,27,28)/b26-16-/t23-,24+/m1/s1. The highest BCUT2D eigenvalue weighted by Gasteiger charge is 2.38. The van der Waals surface area contributed by atoms with Crippen LogP contribution in [0.2, 0.25) is 0 Å². The first-order valence-corrected chi connectivity index (χ1v) is 10.1. The molecule has 7 nitrogen and oxygen atoms in total. The van der Waals surface area contributed by atoms with Crippen LogP contribution in [0.15, 0.2) is 77.9 Å². The third kappa shape index (κ3) is 4.37. The Labute approximate surface area is 186 Å². The third-order valence-corrected chi connectivity index (χ3v) is 5.15. The number of nitrogens with one attached hydrogen (secondary N) is 1. The van der Waals surface area contributed by atoms with Crippen molar-refractivity contribution in [2.45, 2.75) is 19.1 Å². The molecule has 1 N–H and O–H groups in total. The number of hydrazone groups is 1. The van der Waals surface area contributed by atoms with E-state index >= 15 is 0 Å². The van der Waals surface area contributed by atoms with Gasteiger partial charge in [0.2, 0.25) is 6.10 Å². The third-order valence-electron chi connectivity index (χ3n) is 5.15. The van der Waals surface area contributed by atoms with Crippen molar-refractivity contribution in [3.05, 3.63) is 83.9 Å². The van der Waals surface area contributed by atoms with Crippen molar-refractivity contribution >= 4 is 11.6 Å². The van der Waals surface area contributed by atoms with Gasteiger partial charge in [-0.25, -0.2) is 5.43 Å². The minimum Gasteiger partial charge on any atom is -0.493 e. The van der Waals surface area contributed by atoms with Crippen LogP contribution in [0.3, 0.4) is 0 Å². The summed E-state index contributed by atoms with van der Waals surface area (Å²) in [6.07, 6.45) is -1.52. The van der Waals surface area contributed by atoms with Crippen LogP contribution in [0.1, 0.15) is 24.2 Å². The number of carbonyl (C=O) groups excluding carboxylic acids is 1. The van der Waals surface area contributed by atoms with Gasteiger partial charge in [-0.15, -0.1) is 0 Å². The molecule has 1 amide bonds. The van der Waals surface area contributed by atoms with Crippen LogP contribution in [0.4, 0.5) is 0 Å². The Morgan fingerprint density at radius 2 is 1.53 bits per heavy atom. The molecule has 0 saturated carbocycles. The minimum absolute atomic E-state index is 0.409. The number of fused-ring (bicyclic) bond motifs is 1. The number of rotatable bonds is 6. The number of ether oxygens (including phenoxy) is 4. The van der Waals surface area contributed by atoms with Gasteiger partial charge in [0.25, 0.3) is 5.91 Å². The van der Waals surface area contributed by atoms with E-state index in [1.54, 1.807) is 39.3 Å². The van der Waals surface area contributed by atoms with Crippen LogP contribution >= 0.6 is 0 Å². The van der Waals surface area contributed by atoms with Gasteiger partial charge in [-0.1, -0.05) is 42.5 Å². The number of hydrogen-bond acceptors (Lipinski definition) is 6. The molecule has 0 aromatic heterocycles. The van der Waals surface area contributed by atoms with E-state index in [0.29, 0.717) is 28.7 Å². The maximum Gasteiger partial charge on any atom is 0.285 e. The Balaban J connectivity index is 1.57. The van der Waals surface area contributed by atoms with Crippen molar-refractivity contribution in [3.63, 3.8) is 0 Å². The fourth-order valence-corrected chi connectivity index (χ4v) is 3.45. The monoisotopic (exact) mass is 432 g/mol. The lowest BCUT2D eigenvalue weighted by atomic mass is 10.0. The second-order valence-electron chi connectivity index (χ2n) is 7.18. The lowest BCUT2D eigenvalue weighted by Crippen LogP contribution is -2.44. The SMILES string of the molecule is COc1ccc(/C(C)=N\NC(=O)[C@H]2Oc3ccccc3O[C@@H]2c2ccccc2)cc1OC. The second kappa shape index (κ2) is 9.43. The molecule has 1 heterocycles. The molecular weight excluding hydrogens is 408 g/mol. The van der Waals surface area contributed by atoms with E-state index in [1.807, 2.05) is 54.6 Å². The van der Waals surface area contributed by atoms with Gasteiger partial charge in [-0.05, 0) is 42.8 Å². The lowest BCUT2D eigenvalue weighted by molar-refractivity contribution is -0.134. The molecule has 32 heavy (non-hydrogen) atoms. The smallest absolute Gasteiger partial charge is 0.285 e. The zero-order chi connectivity index (χ0) is 22.5. The number of amides is 1. The highest BCUT2D eigenvalue weighted by Crippen LogP contribution is 2.39. The van der Waals surface area contributed by atoms with Gasteiger partial charge >= 0.3 is 0 Å². The van der Waals surface area contributed by atoms with E-state index in [9.17, 15) is 4.79 Å². The molecule has 1 aliphatic heterocycles. The Morgan fingerprint density at radius 3 is 2.22 bits per heavy atom. The molecule has 3 aromatic carbocycles. The molecular formula is C25H24N2O5. The van der Waals surface area contributed by atoms with Crippen molar-refractivity contribution in [3.8, 4) is 23.0 Å². The molecule has 0 aliphatic carbocycles. The van der Waals surface area contributed by atoms with E-state index < -0.39 is 18.1 Å². The van der Waals surface area contributed by atoms with E-state index in [1.165, 1.54) is 0 Å². The average Bonchev–Trinajstić information content (AvgIpc) is 2.86. The number of carbonyl (C=O) groups is 1. The summed E-state index contributed by atoms with van der Waals surface area (Å²) in [7, 11) is 3.14. The average molecular weight is 432 g/mol. The first-order chi connectivity index (χ1) is 15.6. The molecule has 2 atom stereocenters. The van der Waals surface area contributed by atoms with E-state index in [0.717, 1.165) is 11.1 Å². The quantitative estimate of drug-likeness (QED) is 0.468. The summed E-state index contributed by atoms with van der Waals surface area (Å²) in [6, 6.07) is 22.2. The van der Waals surface area contributed by atoms with Crippen LogP contribution in [0, 0.1) is 0 Å². The second-order valence-corrected chi connectivity index (χ2v) is 7.18. The van der Waals surface area contributed by atoms with Crippen LogP contribution in [0.5, 0.6) is 23.0 Å². The molecule has 3 aromatic rings. The lowest BCUT2D eigenvalue weighted by Gasteiger charge is -2.33. The summed E-state index contributed by atoms with van der Waals surface area (Å²) >= 11 is 0. The number of benzene rings is 3. The summed E-state index contributed by atoms with van der Waals surface area (Å²) in [5, 5.41) is 4.27. The van der Waals surface area contributed by atoms with E-state index in [-0.39, 0.29) is 0 Å². The van der Waals surface area contributed by atoms with Crippen LogP contribution in [-0.4, -0.2) is 31.9 Å². The van der Waals surface area contributed by atoms with Crippen LogP contribution < -0.4 is 24.4 Å². The zero-order valence-electron chi connectivity index (χ0n) is 18.1. The Kier molecular flexibility index (Phi) is 6.26. The first kappa shape index (κ1) is 21.2. The number of nitrogens with zero attached hydrogens (tertiary/aromatic N) is 1. The van der Waals surface area contributed by atoms with Gasteiger partial charge in [0.15, 0.2) is 29.1 Å². The molecule has 0 radical (unpaired) electrons. The summed E-state index contributed by atoms with van der Waals surface area (Å²) in [5.74, 6) is 1.89. The Bertz CT molecular complexity index is 1130. The normalized spacial score (nSPS) is 17.4. The highest BCUT2D eigenvalue weighted by atomic mass is 16.6. The van der Waals surface area contributed by atoms with E-state index in [4.69, 9.17) is 18.9 Å². The summed E-state index contributed by atoms with van der Waals surface area (Å²) in [6.45, 7) is 1.80. The van der Waals surface area contributed by atoms with Crippen LogP contribution in [-0.2, 0) is 4.79 Å².